The van der Waals surface area contributed by atoms with E-state index in [1.165, 1.54) is 24.1 Å². The molecular formula is C17H28N2O. The van der Waals surface area contributed by atoms with Crippen molar-refractivity contribution in [2.75, 3.05) is 24.6 Å². The lowest BCUT2D eigenvalue weighted by Crippen LogP contribution is -2.39. The molecule has 1 saturated heterocycles. The number of rotatable bonds is 6. The summed E-state index contributed by atoms with van der Waals surface area (Å²) < 4.78 is 5.90. The van der Waals surface area contributed by atoms with Gasteiger partial charge in [-0.05, 0) is 43.4 Å². The lowest BCUT2D eigenvalue weighted by atomic mass is 10.0. The van der Waals surface area contributed by atoms with Crippen LogP contribution < -0.4 is 10.6 Å². The van der Waals surface area contributed by atoms with Gasteiger partial charge in [0.05, 0.1) is 6.10 Å². The summed E-state index contributed by atoms with van der Waals surface area (Å²) >= 11 is 0. The van der Waals surface area contributed by atoms with Crippen LogP contribution in [0.1, 0.15) is 51.1 Å². The first-order valence-corrected chi connectivity index (χ1v) is 7.96. The highest BCUT2D eigenvalue weighted by Crippen LogP contribution is 2.23. The molecule has 0 saturated carbocycles. The SMILES string of the molecule is CCCOC1CCCN(c2ccc([C@H](N)CC)cc2)C1. The molecule has 1 heterocycles. The summed E-state index contributed by atoms with van der Waals surface area (Å²) in [6, 6.07) is 8.89. The molecule has 1 fully saturated rings. The van der Waals surface area contributed by atoms with Crippen LogP contribution >= 0.6 is 0 Å². The summed E-state index contributed by atoms with van der Waals surface area (Å²) in [6.45, 7) is 7.31. The van der Waals surface area contributed by atoms with Crippen molar-refractivity contribution in [1.82, 2.24) is 0 Å². The molecule has 3 nitrogen and oxygen atoms in total. The van der Waals surface area contributed by atoms with E-state index < -0.39 is 0 Å². The standard InChI is InChI=1S/C17H28N2O/c1-3-12-20-16-6-5-11-19(13-16)15-9-7-14(8-10-15)17(18)4-2/h7-10,16-17H,3-6,11-13,18H2,1-2H3/t16?,17-/m1/s1. The molecule has 1 aliphatic heterocycles. The average molecular weight is 276 g/mol. The van der Waals surface area contributed by atoms with E-state index in [-0.39, 0.29) is 6.04 Å². The molecule has 2 N–H and O–H groups in total. The van der Waals surface area contributed by atoms with E-state index in [1.807, 2.05) is 0 Å². The van der Waals surface area contributed by atoms with Crippen LogP contribution in [0.4, 0.5) is 5.69 Å². The first-order valence-electron chi connectivity index (χ1n) is 7.96. The Hall–Kier alpha value is -1.06. The van der Waals surface area contributed by atoms with Gasteiger partial charge in [0.1, 0.15) is 0 Å². The number of piperidine rings is 1. The molecule has 1 aromatic carbocycles. The summed E-state index contributed by atoms with van der Waals surface area (Å²) in [6.07, 6.45) is 4.87. The lowest BCUT2D eigenvalue weighted by molar-refractivity contribution is 0.0440. The summed E-state index contributed by atoms with van der Waals surface area (Å²) in [5.41, 5.74) is 8.59. The Morgan fingerprint density at radius 2 is 2.05 bits per heavy atom. The molecule has 0 radical (unpaired) electrons. The summed E-state index contributed by atoms with van der Waals surface area (Å²) in [5, 5.41) is 0. The van der Waals surface area contributed by atoms with Gasteiger partial charge in [0.25, 0.3) is 0 Å². The minimum atomic E-state index is 0.158. The zero-order valence-corrected chi connectivity index (χ0v) is 12.8. The van der Waals surface area contributed by atoms with Crippen molar-refractivity contribution in [3.05, 3.63) is 29.8 Å². The van der Waals surface area contributed by atoms with Crippen LogP contribution in [0.5, 0.6) is 0 Å². The van der Waals surface area contributed by atoms with Crippen LogP contribution in [0.2, 0.25) is 0 Å². The summed E-state index contributed by atoms with van der Waals surface area (Å²) in [4.78, 5) is 2.44. The second-order valence-electron chi connectivity index (χ2n) is 5.69. The van der Waals surface area contributed by atoms with Gasteiger partial charge in [-0.25, -0.2) is 0 Å². The molecule has 1 aromatic rings. The van der Waals surface area contributed by atoms with E-state index >= 15 is 0 Å². The quantitative estimate of drug-likeness (QED) is 0.864. The maximum absolute atomic E-state index is 6.07. The van der Waals surface area contributed by atoms with Gasteiger partial charge in [0.2, 0.25) is 0 Å². The van der Waals surface area contributed by atoms with E-state index in [1.54, 1.807) is 0 Å². The van der Waals surface area contributed by atoms with Crippen molar-refractivity contribution in [3.63, 3.8) is 0 Å². The summed E-state index contributed by atoms with van der Waals surface area (Å²) in [7, 11) is 0. The van der Waals surface area contributed by atoms with Crippen LogP contribution in [-0.4, -0.2) is 25.8 Å². The van der Waals surface area contributed by atoms with E-state index in [0.717, 1.165) is 32.5 Å². The van der Waals surface area contributed by atoms with E-state index in [2.05, 4.69) is 43.0 Å². The lowest BCUT2D eigenvalue weighted by Gasteiger charge is -2.34. The molecule has 0 amide bonds. The van der Waals surface area contributed by atoms with Crippen LogP contribution in [0, 0.1) is 0 Å². The number of benzene rings is 1. The van der Waals surface area contributed by atoms with Crippen molar-refractivity contribution in [2.45, 2.75) is 51.7 Å². The normalized spacial score (nSPS) is 20.9. The van der Waals surface area contributed by atoms with E-state index in [4.69, 9.17) is 10.5 Å². The third kappa shape index (κ3) is 3.97. The molecule has 3 heteroatoms. The van der Waals surface area contributed by atoms with Gasteiger partial charge in [-0.1, -0.05) is 26.0 Å². The Morgan fingerprint density at radius 3 is 2.70 bits per heavy atom. The highest BCUT2D eigenvalue weighted by atomic mass is 16.5. The Kier molecular flexibility index (Phi) is 5.86. The number of hydrogen-bond donors (Lipinski definition) is 1. The number of nitrogens with zero attached hydrogens (tertiary/aromatic N) is 1. The fraction of sp³-hybridized carbons (Fsp3) is 0.647. The Labute approximate surface area is 123 Å². The Morgan fingerprint density at radius 1 is 1.30 bits per heavy atom. The van der Waals surface area contributed by atoms with Crippen molar-refractivity contribution in [2.24, 2.45) is 5.73 Å². The number of hydrogen-bond acceptors (Lipinski definition) is 3. The van der Waals surface area contributed by atoms with Crippen LogP contribution in [0.25, 0.3) is 0 Å². The van der Waals surface area contributed by atoms with Gasteiger partial charge in [-0.3, -0.25) is 0 Å². The van der Waals surface area contributed by atoms with Gasteiger partial charge < -0.3 is 15.4 Å². The van der Waals surface area contributed by atoms with Gasteiger partial charge in [-0.2, -0.15) is 0 Å². The number of anilines is 1. The van der Waals surface area contributed by atoms with Gasteiger partial charge in [0, 0.05) is 31.4 Å². The second kappa shape index (κ2) is 7.65. The smallest absolute Gasteiger partial charge is 0.0750 e. The van der Waals surface area contributed by atoms with Crippen LogP contribution in [0.3, 0.4) is 0 Å². The first kappa shape index (κ1) is 15.3. The Balaban J connectivity index is 1.96. The van der Waals surface area contributed by atoms with Crippen LogP contribution in [-0.2, 0) is 4.74 Å². The predicted octanol–water partition coefficient (Wildman–Crippen LogP) is 3.49. The molecule has 1 aliphatic rings. The molecule has 0 aliphatic carbocycles. The minimum absolute atomic E-state index is 0.158. The largest absolute Gasteiger partial charge is 0.376 e. The second-order valence-corrected chi connectivity index (χ2v) is 5.69. The van der Waals surface area contributed by atoms with Gasteiger partial charge in [-0.15, -0.1) is 0 Å². The fourth-order valence-corrected chi connectivity index (χ4v) is 2.76. The molecule has 1 unspecified atom stereocenters. The molecule has 112 valence electrons. The van der Waals surface area contributed by atoms with E-state index in [0.29, 0.717) is 6.10 Å². The minimum Gasteiger partial charge on any atom is -0.376 e. The summed E-state index contributed by atoms with van der Waals surface area (Å²) in [5.74, 6) is 0. The van der Waals surface area contributed by atoms with Crippen molar-refractivity contribution in [1.29, 1.82) is 0 Å². The zero-order chi connectivity index (χ0) is 14.4. The molecule has 2 rings (SSSR count). The first-order chi connectivity index (χ1) is 9.74. The van der Waals surface area contributed by atoms with Gasteiger partial charge in [0.15, 0.2) is 0 Å². The maximum Gasteiger partial charge on any atom is 0.0750 e. The van der Waals surface area contributed by atoms with Crippen molar-refractivity contribution in [3.8, 4) is 0 Å². The Bertz CT molecular complexity index is 390. The van der Waals surface area contributed by atoms with Crippen molar-refractivity contribution >= 4 is 5.69 Å². The van der Waals surface area contributed by atoms with E-state index in [9.17, 15) is 0 Å². The topological polar surface area (TPSA) is 38.5 Å². The zero-order valence-electron chi connectivity index (χ0n) is 12.8. The molecule has 0 aromatic heterocycles. The fourth-order valence-electron chi connectivity index (χ4n) is 2.76. The third-order valence-electron chi connectivity index (χ3n) is 4.06. The molecular weight excluding hydrogens is 248 g/mol. The predicted molar refractivity (Wildman–Crippen MR) is 85.1 cm³/mol. The highest BCUT2D eigenvalue weighted by molar-refractivity contribution is 5.48. The molecule has 0 spiro atoms. The van der Waals surface area contributed by atoms with Gasteiger partial charge >= 0.3 is 0 Å². The monoisotopic (exact) mass is 276 g/mol. The molecule has 2 atom stereocenters. The van der Waals surface area contributed by atoms with Crippen molar-refractivity contribution < 1.29 is 4.74 Å². The highest BCUT2D eigenvalue weighted by Gasteiger charge is 2.20. The van der Waals surface area contributed by atoms with Crippen LogP contribution in [0.15, 0.2) is 24.3 Å². The molecule has 0 bridgehead atoms. The average Bonchev–Trinajstić information content (AvgIpc) is 2.52. The number of ether oxygens (including phenoxy) is 1. The third-order valence-corrected chi connectivity index (χ3v) is 4.06. The number of nitrogens with two attached hydrogens (primary N) is 1. The molecule has 20 heavy (non-hydrogen) atoms. The maximum atomic E-state index is 6.07.